The third-order valence-corrected chi connectivity index (χ3v) is 8.37. The van der Waals surface area contributed by atoms with Gasteiger partial charge in [0, 0.05) is 37.7 Å². The molecule has 0 amide bonds. The fourth-order valence-corrected chi connectivity index (χ4v) is 6.29. The average Bonchev–Trinajstić information content (AvgIpc) is 2.81. The summed E-state index contributed by atoms with van der Waals surface area (Å²) in [5.74, 6) is 2.31. The van der Waals surface area contributed by atoms with Crippen LogP contribution in [0.25, 0.3) is 0 Å². The minimum Gasteiger partial charge on any atom is -0.497 e. The average molecular weight is 516 g/mol. The second-order valence-corrected chi connectivity index (χ2v) is 14.3. The van der Waals surface area contributed by atoms with Gasteiger partial charge in [-0.3, -0.25) is 4.57 Å². The van der Waals surface area contributed by atoms with E-state index in [4.69, 9.17) is 9.47 Å². The fourth-order valence-electron chi connectivity index (χ4n) is 5.06. The van der Waals surface area contributed by atoms with Crippen LogP contribution in [-0.4, -0.2) is 44.5 Å². The molecule has 0 saturated carbocycles. The lowest BCUT2D eigenvalue weighted by atomic mass is 9.88. The van der Waals surface area contributed by atoms with Crippen molar-refractivity contribution in [1.82, 2.24) is 0 Å². The zero-order chi connectivity index (χ0) is 26.3. The van der Waals surface area contributed by atoms with Gasteiger partial charge < -0.3 is 19.3 Å². The SMILES string of the molecule is COc1ccc(CCCC(C)(C)C)c(N2CCC(COc3cccc(C(C)CP(C)(=O)O)c3)CC2)c1. The van der Waals surface area contributed by atoms with E-state index in [1.807, 2.05) is 31.2 Å². The quantitative estimate of drug-likeness (QED) is 0.317. The van der Waals surface area contributed by atoms with Crippen LogP contribution < -0.4 is 14.4 Å². The summed E-state index contributed by atoms with van der Waals surface area (Å²) >= 11 is 0. The van der Waals surface area contributed by atoms with Gasteiger partial charge >= 0.3 is 0 Å². The highest BCUT2D eigenvalue weighted by atomic mass is 31.2. The Balaban J connectivity index is 1.56. The Kier molecular flexibility index (Phi) is 9.94. The van der Waals surface area contributed by atoms with E-state index in [0.717, 1.165) is 49.4 Å². The standard InChI is InChI=1S/C30H46NO4P/c1-23(22-36(6,32)33)26-9-7-11-28(19-26)35-21-24-14-17-31(18-15-24)29-20-27(34-5)13-12-25(29)10-8-16-30(2,3)4/h7,9,11-13,19-20,23-24H,8,10,14-18,21-22H2,1-6H3,(H,32,33). The Bertz CT molecular complexity index is 1020. The van der Waals surface area contributed by atoms with Gasteiger partial charge in [-0.2, -0.15) is 0 Å². The molecule has 2 atom stereocenters. The molecule has 0 spiro atoms. The van der Waals surface area contributed by atoms with E-state index in [-0.39, 0.29) is 12.1 Å². The van der Waals surface area contributed by atoms with E-state index in [1.54, 1.807) is 7.11 Å². The van der Waals surface area contributed by atoms with Gasteiger partial charge in [-0.1, -0.05) is 45.9 Å². The van der Waals surface area contributed by atoms with Gasteiger partial charge in [0.2, 0.25) is 0 Å². The predicted molar refractivity (Wildman–Crippen MR) is 151 cm³/mol. The second kappa shape index (κ2) is 12.5. The number of methoxy groups -OCH3 is 1. The molecule has 1 fully saturated rings. The molecular formula is C30H46NO4P. The van der Waals surface area contributed by atoms with E-state index < -0.39 is 7.37 Å². The van der Waals surface area contributed by atoms with Crippen LogP contribution >= 0.6 is 7.37 Å². The van der Waals surface area contributed by atoms with Crippen molar-refractivity contribution in [2.24, 2.45) is 11.3 Å². The molecule has 2 aromatic carbocycles. The van der Waals surface area contributed by atoms with Crippen LogP contribution in [-0.2, 0) is 11.0 Å². The molecule has 1 saturated heterocycles. The zero-order valence-electron chi connectivity index (χ0n) is 23.1. The van der Waals surface area contributed by atoms with Crippen LogP contribution in [0.2, 0.25) is 0 Å². The summed E-state index contributed by atoms with van der Waals surface area (Å²) in [6, 6.07) is 14.5. The molecule has 0 aliphatic carbocycles. The van der Waals surface area contributed by atoms with Gasteiger partial charge in [0.15, 0.2) is 7.37 Å². The molecule has 5 nitrogen and oxygen atoms in total. The summed E-state index contributed by atoms with van der Waals surface area (Å²) in [5, 5.41) is 0. The van der Waals surface area contributed by atoms with Crippen LogP contribution in [0.1, 0.15) is 70.4 Å². The van der Waals surface area contributed by atoms with Gasteiger partial charge in [-0.05, 0) is 78.7 Å². The van der Waals surface area contributed by atoms with Gasteiger partial charge in [-0.15, -0.1) is 0 Å². The first-order chi connectivity index (χ1) is 16.9. The van der Waals surface area contributed by atoms with Crippen molar-refractivity contribution in [3.8, 4) is 11.5 Å². The van der Waals surface area contributed by atoms with Crippen LogP contribution in [0.4, 0.5) is 5.69 Å². The molecular weight excluding hydrogens is 469 g/mol. The molecule has 0 bridgehead atoms. The van der Waals surface area contributed by atoms with Crippen LogP contribution in [0.3, 0.4) is 0 Å². The summed E-state index contributed by atoms with van der Waals surface area (Å²) in [6.45, 7) is 13.1. The smallest absolute Gasteiger partial charge is 0.198 e. The van der Waals surface area contributed by atoms with Crippen molar-refractivity contribution in [3.05, 3.63) is 53.6 Å². The van der Waals surface area contributed by atoms with Crippen molar-refractivity contribution in [3.63, 3.8) is 0 Å². The summed E-state index contributed by atoms with van der Waals surface area (Å²) in [7, 11) is -1.31. The Morgan fingerprint density at radius 3 is 2.47 bits per heavy atom. The van der Waals surface area contributed by atoms with Crippen molar-refractivity contribution >= 4 is 13.1 Å². The summed E-state index contributed by atoms with van der Waals surface area (Å²) < 4.78 is 23.5. The number of hydrogen-bond acceptors (Lipinski definition) is 4. The molecule has 1 aliphatic rings. The van der Waals surface area contributed by atoms with Gasteiger partial charge in [-0.25, -0.2) is 0 Å². The minimum atomic E-state index is -3.05. The summed E-state index contributed by atoms with van der Waals surface area (Å²) in [4.78, 5) is 12.2. The molecule has 36 heavy (non-hydrogen) atoms. The summed E-state index contributed by atoms with van der Waals surface area (Å²) in [6.07, 6.45) is 5.99. The van der Waals surface area contributed by atoms with E-state index in [0.29, 0.717) is 17.9 Å². The first-order valence-electron chi connectivity index (χ1n) is 13.4. The minimum absolute atomic E-state index is 0.0260. The molecule has 6 heteroatoms. The molecule has 2 aromatic rings. The Morgan fingerprint density at radius 2 is 1.83 bits per heavy atom. The molecule has 1 heterocycles. The molecule has 3 rings (SSSR count). The third-order valence-electron chi connectivity index (χ3n) is 7.15. The topological polar surface area (TPSA) is 59.0 Å². The van der Waals surface area contributed by atoms with Crippen molar-refractivity contribution < 1.29 is 18.9 Å². The summed E-state index contributed by atoms with van der Waals surface area (Å²) in [5.41, 5.74) is 4.15. The molecule has 200 valence electrons. The highest BCUT2D eigenvalue weighted by Crippen LogP contribution is 2.41. The second-order valence-electron chi connectivity index (χ2n) is 11.9. The normalized spacial score (nSPS) is 17.5. The molecule has 0 aromatic heterocycles. The van der Waals surface area contributed by atoms with Gasteiger partial charge in [0.25, 0.3) is 0 Å². The molecule has 0 radical (unpaired) electrons. The zero-order valence-corrected chi connectivity index (χ0v) is 24.0. The molecule has 2 unspecified atom stereocenters. The predicted octanol–water partition coefficient (Wildman–Crippen LogP) is 7.36. The largest absolute Gasteiger partial charge is 0.497 e. The van der Waals surface area contributed by atoms with E-state index in [1.165, 1.54) is 30.8 Å². The van der Waals surface area contributed by atoms with Crippen LogP contribution in [0.15, 0.2) is 42.5 Å². The number of rotatable bonds is 11. The number of anilines is 1. The van der Waals surface area contributed by atoms with Crippen LogP contribution in [0.5, 0.6) is 11.5 Å². The number of aryl methyl sites for hydroxylation is 1. The lowest BCUT2D eigenvalue weighted by Gasteiger charge is -2.35. The molecule has 1 aliphatic heterocycles. The molecule has 1 N–H and O–H groups in total. The Hall–Kier alpha value is -1.97. The number of benzene rings is 2. The van der Waals surface area contributed by atoms with E-state index in [2.05, 4.69) is 43.9 Å². The maximum Gasteiger partial charge on any atom is 0.198 e. The monoisotopic (exact) mass is 515 g/mol. The fraction of sp³-hybridized carbons (Fsp3) is 0.600. The first-order valence-corrected chi connectivity index (χ1v) is 15.7. The van der Waals surface area contributed by atoms with Crippen molar-refractivity contribution in [1.29, 1.82) is 0 Å². The highest BCUT2D eigenvalue weighted by molar-refractivity contribution is 7.57. The highest BCUT2D eigenvalue weighted by Gasteiger charge is 2.23. The van der Waals surface area contributed by atoms with Crippen molar-refractivity contribution in [2.75, 3.05) is 44.5 Å². The number of piperidine rings is 1. The van der Waals surface area contributed by atoms with E-state index >= 15 is 0 Å². The maximum atomic E-state index is 11.8. The lowest BCUT2D eigenvalue weighted by Crippen LogP contribution is -2.36. The number of nitrogens with zero attached hydrogens (tertiary/aromatic N) is 1. The van der Waals surface area contributed by atoms with E-state index in [9.17, 15) is 9.46 Å². The number of ether oxygens (including phenoxy) is 2. The van der Waals surface area contributed by atoms with Gasteiger partial charge in [0.05, 0.1) is 13.7 Å². The lowest BCUT2D eigenvalue weighted by molar-refractivity contribution is 0.222. The van der Waals surface area contributed by atoms with Gasteiger partial charge in [0.1, 0.15) is 11.5 Å². The Morgan fingerprint density at radius 1 is 1.11 bits per heavy atom. The Labute approximate surface area is 218 Å². The third kappa shape index (κ3) is 9.16. The first kappa shape index (κ1) is 28.6. The van der Waals surface area contributed by atoms with Crippen molar-refractivity contribution in [2.45, 2.75) is 65.7 Å². The number of hydrogen-bond donors (Lipinski definition) is 1. The van der Waals surface area contributed by atoms with Crippen LogP contribution in [0, 0.1) is 11.3 Å². The maximum absolute atomic E-state index is 11.8.